The van der Waals surface area contributed by atoms with E-state index in [-0.39, 0.29) is 0 Å². The van der Waals surface area contributed by atoms with Gasteiger partial charge in [0.25, 0.3) is 0 Å². The van der Waals surface area contributed by atoms with Crippen molar-refractivity contribution in [2.75, 3.05) is 18.1 Å². The number of benzene rings is 2. The van der Waals surface area contributed by atoms with Crippen molar-refractivity contribution < 1.29 is 4.74 Å². The lowest BCUT2D eigenvalue weighted by molar-refractivity contribution is 0.306. The van der Waals surface area contributed by atoms with Crippen LogP contribution in [0.3, 0.4) is 0 Å². The molecule has 4 heteroatoms. The van der Waals surface area contributed by atoms with Crippen molar-refractivity contribution in [3.63, 3.8) is 0 Å². The summed E-state index contributed by atoms with van der Waals surface area (Å²) in [5.41, 5.74) is 9.56. The molecule has 0 aromatic heterocycles. The molecular formula is C17H17N3O. The summed E-state index contributed by atoms with van der Waals surface area (Å²) in [6.07, 6.45) is 0. The van der Waals surface area contributed by atoms with Crippen LogP contribution in [0.2, 0.25) is 0 Å². The average molecular weight is 279 g/mol. The molecule has 1 heterocycles. The van der Waals surface area contributed by atoms with Crippen molar-refractivity contribution in [2.24, 2.45) is 5.73 Å². The Kier molecular flexibility index (Phi) is 3.76. The molecule has 1 aliphatic heterocycles. The predicted octanol–water partition coefficient (Wildman–Crippen LogP) is 2.42. The molecule has 1 aliphatic rings. The van der Waals surface area contributed by atoms with E-state index in [0.29, 0.717) is 19.7 Å². The number of fused-ring (bicyclic) bond motifs is 1. The van der Waals surface area contributed by atoms with Gasteiger partial charge >= 0.3 is 0 Å². The van der Waals surface area contributed by atoms with Crippen molar-refractivity contribution in [1.29, 1.82) is 5.26 Å². The second kappa shape index (κ2) is 5.86. The van der Waals surface area contributed by atoms with E-state index in [1.54, 1.807) is 0 Å². The van der Waals surface area contributed by atoms with Gasteiger partial charge in [-0.15, -0.1) is 0 Å². The van der Waals surface area contributed by atoms with Gasteiger partial charge in [-0.25, -0.2) is 0 Å². The second-order valence-corrected chi connectivity index (χ2v) is 5.05. The summed E-state index contributed by atoms with van der Waals surface area (Å²) < 4.78 is 5.73. The maximum atomic E-state index is 9.20. The van der Waals surface area contributed by atoms with Gasteiger partial charge in [0.05, 0.1) is 23.9 Å². The van der Waals surface area contributed by atoms with Gasteiger partial charge < -0.3 is 15.4 Å². The van der Waals surface area contributed by atoms with E-state index in [1.807, 2.05) is 42.5 Å². The Hall–Kier alpha value is -2.51. The lowest BCUT2D eigenvalue weighted by Gasteiger charge is -2.31. The molecule has 0 saturated carbocycles. The Labute approximate surface area is 124 Å². The maximum Gasteiger partial charge on any atom is 0.143 e. The molecule has 2 N–H and O–H groups in total. The number of nitrogens with zero attached hydrogens (tertiary/aromatic N) is 2. The third-order valence-corrected chi connectivity index (χ3v) is 3.72. The molecule has 0 bridgehead atoms. The van der Waals surface area contributed by atoms with E-state index in [2.05, 4.69) is 11.0 Å². The second-order valence-electron chi connectivity index (χ2n) is 5.05. The highest BCUT2D eigenvalue weighted by molar-refractivity contribution is 5.61. The molecule has 3 rings (SSSR count). The summed E-state index contributed by atoms with van der Waals surface area (Å²) in [5, 5.41) is 9.20. The standard InChI is InChI=1S/C17H17N3O/c18-10-13-5-6-16-17(9-13)21-8-7-20(16)12-15-4-2-1-3-14(15)11-19/h1-6,9H,7-8,10,12,18H2. The molecule has 0 saturated heterocycles. The minimum atomic E-state index is 0.508. The molecule has 0 atom stereocenters. The summed E-state index contributed by atoms with van der Waals surface area (Å²) in [5.74, 6) is 0.874. The monoisotopic (exact) mass is 279 g/mol. The quantitative estimate of drug-likeness (QED) is 0.937. The van der Waals surface area contributed by atoms with E-state index in [9.17, 15) is 5.26 Å². The first-order valence-electron chi connectivity index (χ1n) is 7.00. The van der Waals surface area contributed by atoms with Gasteiger partial charge in [0, 0.05) is 13.1 Å². The average Bonchev–Trinajstić information content (AvgIpc) is 2.55. The first-order chi connectivity index (χ1) is 10.3. The van der Waals surface area contributed by atoms with E-state index >= 15 is 0 Å². The Balaban J connectivity index is 1.90. The summed E-state index contributed by atoms with van der Waals surface area (Å²) in [7, 11) is 0. The van der Waals surface area contributed by atoms with Gasteiger partial charge in [0.1, 0.15) is 12.4 Å². The van der Waals surface area contributed by atoms with E-state index in [1.165, 1.54) is 0 Å². The Morgan fingerprint density at radius 3 is 2.90 bits per heavy atom. The predicted molar refractivity (Wildman–Crippen MR) is 82.0 cm³/mol. The molecule has 0 amide bonds. The Morgan fingerprint density at radius 1 is 1.24 bits per heavy atom. The van der Waals surface area contributed by atoms with E-state index in [0.717, 1.165) is 34.7 Å². The van der Waals surface area contributed by atoms with Gasteiger partial charge in [-0.05, 0) is 29.3 Å². The molecule has 0 unspecified atom stereocenters. The van der Waals surface area contributed by atoms with E-state index < -0.39 is 0 Å². The first kappa shape index (κ1) is 13.5. The van der Waals surface area contributed by atoms with Gasteiger partial charge in [0.15, 0.2) is 0 Å². The number of nitriles is 1. The maximum absolute atomic E-state index is 9.20. The van der Waals surface area contributed by atoms with Crippen molar-refractivity contribution in [1.82, 2.24) is 0 Å². The van der Waals surface area contributed by atoms with Gasteiger partial charge in [-0.1, -0.05) is 24.3 Å². The fourth-order valence-electron chi connectivity index (χ4n) is 2.59. The van der Waals surface area contributed by atoms with Crippen molar-refractivity contribution in [2.45, 2.75) is 13.1 Å². The molecule has 0 radical (unpaired) electrons. The molecule has 2 aromatic rings. The number of nitrogens with two attached hydrogens (primary N) is 1. The number of ether oxygens (including phenoxy) is 1. The lowest BCUT2D eigenvalue weighted by Crippen LogP contribution is -2.32. The number of rotatable bonds is 3. The van der Waals surface area contributed by atoms with Gasteiger partial charge in [-0.2, -0.15) is 5.26 Å². The third-order valence-electron chi connectivity index (χ3n) is 3.72. The molecule has 0 aliphatic carbocycles. The number of hydrogen-bond acceptors (Lipinski definition) is 4. The molecule has 106 valence electrons. The minimum absolute atomic E-state index is 0.508. The van der Waals surface area contributed by atoms with Crippen LogP contribution in [-0.2, 0) is 13.1 Å². The minimum Gasteiger partial charge on any atom is -0.490 e. The SMILES string of the molecule is N#Cc1ccccc1CN1CCOc2cc(CN)ccc21. The highest BCUT2D eigenvalue weighted by atomic mass is 16.5. The fraction of sp³-hybridized carbons (Fsp3) is 0.235. The summed E-state index contributed by atoms with van der Waals surface area (Å²) in [6.45, 7) is 2.68. The normalized spacial score (nSPS) is 13.2. The van der Waals surface area contributed by atoms with E-state index in [4.69, 9.17) is 10.5 Å². The van der Waals surface area contributed by atoms with Crippen LogP contribution in [0.25, 0.3) is 0 Å². The number of anilines is 1. The zero-order valence-electron chi connectivity index (χ0n) is 11.7. The molecule has 2 aromatic carbocycles. The van der Waals surface area contributed by atoms with Crippen LogP contribution in [0.15, 0.2) is 42.5 Å². The topological polar surface area (TPSA) is 62.3 Å². The van der Waals surface area contributed by atoms with Crippen LogP contribution < -0.4 is 15.4 Å². The van der Waals surface area contributed by atoms with Crippen molar-refractivity contribution in [3.8, 4) is 11.8 Å². The van der Waals surface area contributed by atoms with Crippen LogP contribution in [-0.4, -0.2) is 13.2 Å². The van der Waals surface area contributed by atoms with Gasteiger partial charge in [-0.3, -0.25) is 0 Å². The zero-order chi connectivity index (χ0) is 14.7. The zero-order valence-corrected chi connectivity index (χ0v) is 11.7. The first-order valence-corrected chi connectivity index (χ1v) is 7.00. The van der Waals surface area contributed by atoms with Crippen LogP contribution in [0.5, 0.6) is 5.75 Å². The van der Waals surface area contributed by atoms with Gasteiger partial charge in [0.2, 0.25) is 0 Å². The Bertz CT molecular complexity index is 691. The summed E-state index contributed by atoms with van der Waals surface area (Å²) in [6, 6.07) is 16.0. The van der Waals surface area contributed by atoms with Crippen LogP contribution in [0, 0.1) is 11.3 Å². The van der Waals surface area contributed by atoms with Crippen LogP contribution in [0.1, 0.15) is 16.7 Å². The highest BCUT2D eigenvalue weighted by Gasteiger charge is 2.19. The Morgan fingerprint density at radius 2 is 2.10 bits per heavy atom. The smallest absolute Gasteiger partial charge is 0.143 e. The molecule has 0 fully saturated rings. The molecule has 4 nitrogen and oxygen atoms in total. The molecular weight excluding hydrogens is 262 g/mol. The van der Waals surface area contributed by atoms with Crippen LogP contribution >= 0.6 is 0 Å². The highest BCUT2D eigenvalue weighted by Crippen LogP contribution is 2.33. The summed E-state index contributed by atoms with van der Waals surface area (Å²) >= 11 is 0. The summed E-state index contributed by atoms with van der Waals surface area (Å²) in [4.78, 5) is 2.25. The van der Waals surface area contributed by atoms with Crippen molar-refractivity contribution in [3.05, 3.63) is 59.2 Å². The third kappa shape index (κ3) is 2.69. The number of hydrogen-bond donors (Lipinski definition) is 1. The van der Waals surface area contributed by atoms with Crippen molar-refractivity contribution >= 4 is 5.69 Å². The molecule has 21 heavy (non-hydrogen) atoms. The van der Waals surface area contributed by atoms with Crippen LogP contribution in [0.4, 0.5) is 5.69 Å². The fourth-order valence-corrected chi connectivity index (χ4v) is 2.59. The lowest BCUT2D eigenvalue weighted by atomic mass is 10.1. The molecule has 0 spiro atoms. The largest absolute Gasteiger partial charge is 0.490 e.